The number of oxime groups is 1. The lowest BCUT2D eigenvalue weighted by atomic mass is 9.97. The molecular formula is C17H22N6O11S2. The van der Waals surface area contributed by atoms with Crippen LogP contribution < -0.4 is 11.1 Å². The molecule has 0 unspecified atom stereocenters. The van der Waals surface area contributed by atoms with Gasteiger partial charge >= 0.3 is 22.4 Å². The Bertz CT molecular complexity index is 1210. The van der Waals surface area contributed by atoms with E-state index in [-0.39, 0.29) is 21.7 Å². The number of nitrogens with zero attached hydrogens (tertiary/aromatic N) is 4. The Morgan fingerprint density at radius 2 is 2.08 bits per heavy atom. The molecular weight excluding hydrogens is 528 g/mol. The third-order valence-electron chi connectivity index (χ3n) is 5.13. The number of carbonyl (C=O) groups is 4. The van der Waals surface area contributed by atoms with Crippen molar-refractivity contribution >= 4 is 56.4 Å². The largest absolute Gasteiger partial charge is 0.478 e. The number of aromatic nitrogens is 1. The molecule has 19 heteroatoms. The molecule has 0 radical (unpaired) electrons. The van der Waals surface area contributed by atoms with E-state index in [9.17, 15) is 42.4 Å². The van der Waals surface area contributed by atoms with Gasteiger partial charge in [0.05, 0.1) is 19.2 Å². The van der Waals surface area contributed by atoms with Gasteiger partial charge in [-0.15, -0.1) is 11.3 Å². The summed E-state index contributed by atoms with van der Waals surface area (Å²) in [6, 6.07) is -3.01. The molecule has 0 bridgehead atoms. The lowest BCUT2D eigenvalue weighted by Crippen LogP contribution is -2.74. The summed E-state index contributed by atoms with van der Waals surface area (Å²) < 4.78 is 37.9. The first kappa shape index (κ1) is 27.0. The van der Waals surface area contributed by atoms with Crippen LogP contribution in [0.25, 0.3) is 0 Å². The van der Waals surface area contributed by atoms with E-state index in [0.29, 0.717) is 0 Å². The van der Waals surface area contributed by atoms with E-state index in [0.717, 1.165) is 30.1 Å². The molecule has 0 aromatic carbocycles. The zero-order valence-electron chi connectivity index (χ0n) is 18.7. The van der Waals surface area contributed by atoms with Crippen LogP contribution in [0.3, 0.4) is 0 Å². The van der Waals surface area contributed by atoms with E-state index < -0.39 is 76.8 Å². The number of anilines is 1. The van der Waals surface area contributed by atoms with Crippen molar-refractivity contribution in [3.8, 4) is 0 Å². The van der Waals surface area contributed by atoms with Gasteiger partial charge in [-0.25, -0.2) is 18.9 Å². The summed E-state index contributed by atoms with van der Waals surface area (Å²) in [6.07, 6.45) is -1.79. The summed E-state index contributed by atoms with van der Waals surface area (Å²) in [6.45, 7) is 1.20. The van der Waals surface area contributed by atoms with Crippen molar-refractivity contribution < 1.29 is 51.9 Å². The number of nitrogens with two attached hydrogens (primary N) is 1. The fraction of sp³-hybridized carbons (Fsp3) is 0.529. The first-order chi connectivity index (χ1) is 16.7. The van der Waals surface area contributed by atoms with Crippen LogP contribution in [0.2, 0.25) is 0 Å². The number of rotatable bonds is 10. The second kappa shape index (κ2) is 9.84. The third kappa shape index (κ3) is 5.48. The summed E-state index contributed by atoms with van der Waals surface area (Å²) in [5, 5.41) is 25.5. The summed E-state index contributed by atoms with van der Waals surface area (Å²) in [5.74, 6) is -3.73. The van der Waals surface area contributed by atoms with Gasteiger partial charge in [0.25, 0.3) is 11.8 Å². The molecule has 3 rings (SSSR count). The molecule has 3 atom stereocenters. The Hall–Kier alpha value is -3.55. The molecule has 3 heterocycles. The van der Waals surface area contributed by atoms with Crippen molar-refractivity contribution in [3.05, 3.63) is 11.1 Å². The van der Waals surface area contributed by atoms with Crippen LogP contribution in [0.1, 0.15) is 19.5 Å². The molecule has 0 saturated carbocycles. The third-order valence-corrected chi connectivity index (χ3v) is 6.75. The Balaban J connectivity index is 1.86. The summed E-state index contributed by atoms with van der Waals surface area (Å²) in [4.78, 5) is 58.7. The van der Waals surface area contributed by atoms with Crippen molar-refractivity contribution in [1.82, 2.24) is 19.5 Å². The Kier molecular flexibility index (Phi) is 7.39. The molecule has 17 nitrogen and oxygen atoms in total. The zero-order valence-corrected chi connectivity index (χ0v) is 20.4. The second-order valence-electron chi connectivity index (χ2n) is 8.14. The zero-order chi connectivity index (χ0) is 27.0. The van der Waals surface area contributed by atoms with Crippen LogP contribution in [0, 0.1) is 0 Å². The molecule has 1 aromatic heterocycles. The average molecular weight is 551 g/mol. The second-order valence-corrected chi connectivity index (χ2v) is 10.3. The Labute approximate surface area is 207 Å². The van der Waals surface area contributed by atoms with E-state index in [1.165, 1.54) is 5.38 Å². The standard InChI is InChI=1S/C17H22N6O11S2/c1-17(2,14(27)28)34-21-10(8-6-35-15(18)19-8)12(25)20-11-9(23(13(11)26)36(30,31)32)4-22-3-7(5-24)33-16(22)29/h6-7,9,11,24H,3-5H2,1-2H3,(H2,18,19)(H,20,25)(H,27,28)(H,30,31,32)/t7-,9+,11-/m0/s1. The number of amides is 3. The maximum atomic E-state index is 13.0. The van der Waals surface area contributed by atoms with Gasteiger partial charge < -0.3 is 35.7 Å². The van der Waals surface area contributed by atoms with Gasteiger partial charge in [0.1, 0.15) is 17.8 Å². The SMILES string of the molecule is CC(C)(ON=C(C(=O)N[C@@H]1C(=O)N(S(=O)(=O)O)[C@@H]1CN1C[C@@H](CO)OC1=O)c1csc(N)n1)C(=O)O. The number of carboxylic acid groups (broad SMARTS) is 1. The van der Waals surface area contributed by atoms with Gasteiger partial charge in [0, 0.05) is 11.9 Å². The number of nitrogens with one attached hydrogen (secondary N) is 1. The first-order valence-electron chi connectivity index (χ1n) is 10.0. The van der Waals surface area contributed by atoms with Gasteiger partial charge in [-0.05, 0) is 13.8 Å². The molecule has 198 valence electrons. The van der Waals surface area contributed by atoms with E-state index in [4.69, 9.17) is 15.3 Å². The predicted octanol–water partition coefficient (Wildman–Crippen LogP) is -2.38. The fourth-order valence-electron chi connectivity index (χ4n) is 3.19. The van der Waals surface area contributed by atoms with Crippen molar-refractivity contribution in [2.45, 2.75) is 37.6 Å². The Morgan fingerprint density at radius 3 is 2.58 bits per heavy atom. The first-order valence-corrected chi connectivity index (χ1v) is 12.3. The summed E-state index contributed by atoms with van der Waals surface area (Å²) >= 11 is 0.925. The number of nitrogen functional groups attached to an aromatic ring is 1. The number of carboxylic acids is 1. The van der Waals surface area contributed by atoms with Crippen LogP contribution in [0.4, 0.5) is 9.93 Å². The molecule has 3 amide bonds. The summed E-state index contributed by atoms with van der Waals surface area (Å²) in [5.41, 5.74) is 3.03. The van der Waals surface area contributed by atoms with Gasteiger partial charge in [0.15, 0.2) is 10.8 Å². The number of hydrogen-bond donors (Lipinski definition) is 5. The minimum atomic E-state index is -5.06. The number of β-lactam (4-membered cyclic amide) rings is 1. The van der Waals surface area contributed by atoms with Crippen LogP contribution in [-0.2, 0) is 34.3 Å². The lowest BCUT2D eigenvalue weighted by Gasteiger charge is -2.45. The minimum absolute atomic E-state index is 0.0316. The number of carbonyl (C=O) groups excluding carboxylic acids is 3. The van der Waals surface area contributed by atoms with E-state index in [2.05, 4.69) is 15.5 Å². The van der Waals surface area contributed by atoms with Crippen molar-refractivity contribution in [3.63, 3.8) is 0 Å². The molecule has 6 N–H and O–H groups in total. The molecule has 2 aliphatic heterocycles. The quantitative estimate of drug-likeness (QED) is 0.0884. The van der Waals surface area contributed by atoms with E-state index in [1.54, 1.807) is 0 Å². The van der Waals surface area contributed by atoms with Crippen molar-refractivity contribution in [1.29, 1.82) is 0 Å². The molecule has 1 aromatic rings. The average Bonchev–Trinajstić information content (AvgIpc) is 3.35. The van der Waals surface area contributed by atoms with Crippen LogP contribution >= 0.6 is 11.3 Å². The normalized spacial score (nSPS) is 22.8. The highest BCUT2D eigenvalue weighted by atomic mass is 32.2. The van der Waals surface area contributed by atoms with Crippen LogP contribution in [-0.4, -0.2) is 110 Å². The fourth-order valence-corrected chi connectivity index (χ4v) is 4.61. The molecule has 0 aliphatic carbocycles. The molecule has 2 saturated heterocycles. The number of ether oxygens (including phenoxy) is 1. The highest BCUT2D eigenvalue weighted by Gasteiger charge is 2.55. The number of thiazole rings is 1. The van der Waals surface area contributed by atoms with E-state index in [1.807, 2.05) is 0 Å². The van der Waals surface area contributed by atoms with Gasteiger partial charge in [0.2, 0.25) is 5.60 Å². The smallest absolute Gasteiger partial charge is 0.410 e. The molecule has 2 aliphatic rings. The topological polar surface area (TPSA) is 251 Å². The maximum absolute atomic E-state index is 13.0. The molecule has 0 spiro atoms. The highest BCUT2D eigenvalue weighted by molar-refractivity contribution is 7.84. The number of cyclic esters (lactones) is 1. The van der Waals surface area contributed by atoms with Gasteiger partial charge in [-0.3, -0.25) is 14.1 Å². The number of hydrogen-bond acceptors (Lipinski definition) is 13. The number of aliphatic carboxylic acids is 1. The Morgan fingerprint density at radius 1 is 1.42 bits per heavy atom. The number of aliphatic hydroxyl groups is 1. The monoisotopic (exact) mass is 550 g/mol. The van der Waals surface area contributed by atoms with Crippen molar-refractivity contribution in [2.24, 2.45) is 5.16 Å². The van der Waals surface area contributed by atoms with Gasteiger partial charge in [-0.1, -0.05) is 5.16 Å². The lowest BCUT2D eigenvalue weighted by molar-refractivity contribution is -0.161. The van der Waals surface area contributed by atoms with E-state index >= 15 is 0 Å². The summed E-state index contributed by atoms with van der Waals surface area (Å²) in [7, 11) is -5.06. The van der Waals surface area contributed by atoms with Gasteiger partial charge in [-0.2, -0.15) is 8.42 Å². The predicted molar refractivity (Wildman–Crippen MR) is 119 cm³/mol. The van der Waals surface area contributed by atoms with Crippen LogP contribution in [0.5, 0.6) is 0 Å². The van der Waals surface area contributed by atoms with Crippen LogP contribution in [0.15, 0.2) is 10.5 Å². The molecule has 2 fully saturated rings. The van der Waals surface area contributed by atoms with Crippen molar-refractivity contribution in [2.75, 3.05) is 25.4 Å². The number of aliphatic hydroxyl groups excluding tert-OH is 1. The minimum Gasteiger partial charge on any atom is -0.478 e. The molecule has 36 heavy (non-hydrogen) atoms. The highest BCUT2D eigenvalue weighted by Crippen LogP contribution is 2.26. The maximum Gasteiger partial charge on any atom is 0.410 e.